The van der Waals surface area contributed by atoms with Crippen LogP contribution in [0, 0.1) is 0 Å². The van der Waals surface area contributed by atoms with E-state index in [2.05, 4.69) is 29.4 Å². The first-order chi connectivity index (χ1) is 27.8. The first-order valence-corrected chi connectivity index (χ1v) is 22.2. The monoisotopic (exact) mass is 831 g/mol. The number of nitrogens with zero attached hydrogens (tertiary/aromatic N) is 2. The van der Waals surface area contributed by atoms with Crippen LogP contribution in [-0.2, 0) is 54.0 Å². The summed E-state index contributed by atoms with van der Waals surface area (Å²) in [5.41, 5.74) is 2.67. The van der Waals surface area contributed by atoms with Crippen molar-refractivity contribution in [2.45, 2.75) is 62.8 Å². The maximum absolute atomic E-state index is 13.2. The molecule has 0 aromatic carbocycles. The Hall–Kier alpha value is -3.38. The Morgan fingerprint density at radius 2 is 1.68 bits per heavy atom. The first-order valence-electron chi connectivity index (χ1n) is 19.8. The lowest BCUT2D eigenvalue weighted by Crippen LogP contribution is -2.52. The third-order valence-corrected chi connectivity index (χ3v) is 12.8. The number of cyclic esters (lactones) is 1. The fourth-order valence-electron chi connectivity index (χ4n) is 6.82. The summed E-state index contributed by atoms with van der Waals surface area (Å²) >= 11 is 0. The smallest absolute Gasteiger partial charge is 0.408 e. The minimum Gasteiger partial charge on any atom is -0.463 e. The molecule has 0 saturated carbocycles. The van der Waals surface area contributed by atoms with Crippen LogP contribution in [0.5, 0.6) is 0 Å². The van der Waals surface area contributed by atoms with E-state index in [-0.39, 0.29) is 38.8 Å². The highest BCUT2D eigenvalue weighted by Crippen LogP contribution is 2.43. The third-order valence-electron chi connectivity index (χ3n) is 9.79. The number of fused-ring (bicyclic) bond motifs is 3. The van der Waals surface area contributed by atoms with Crippen molar-refractivity contribution < 1.29 is 52.3 Å². The number of alkyl carbamates (subject to hydrolysis) is 1. The molecule has 5 heterocycles. The largest absolute Gasteiger partial charge is 0.463 e. The van der Waals surface area contributed by atoms with E-state index in [1.165, 1.54) is 18.6 Å². The third kappa shape index (κ3) is 13.3. The summed E-state index contributed by atoms with van der Waals surface area (Å²) in [6, 6.07) is 2.06. The number of carbonyl (C=O) groups is 3. The Balaban J connectivity index is 0.857. The predicted octanol–water partition coefficient (Wildman–Crippen LogP) is 3.70. The molecule has 314 valence electrons. The van der Waals surface area contributed by atoms with Crippen molar-refractivity contribution in [2.24, 2.45) is 0 Å². The molecule has 1 fully saturated rings. The molecule has 2 unspecified atom stereocenters. The minimum atomic E-state index is -1.58. The predicted molar refractivity (Wildman–Crippen MR) is 220 cm³/mol. The number of allylic oxidation sites excluding steroid dienone is 1. The Morgan fingerprint density at radius 3 is 2.33 bits per heavy atom. The van der Waals surface area contributed by atoms with Gasteiger partial charge in [0, 0.05) is 42.6 Å². The highest BCUT2D eigenvalue weighted by molar-refractivity contribution is 8.77. The molecule has 0 aliphatic carbocycles. The molecule has 0 bridgehead atoms. The van der Waals surface area contributed by atoms with Crippen LogP contribution in [0.15, 0.2) is 35.9 Å². The van der Waals surface area contributed by atoms with Crippen LogP contribution >= 0.6 is 21.6 Å². The van der Waals surface area contributed by atoms with Crippen molar-refractivity contribution in [3.63, 3.8) is 0 Å². The van der Waals surface area contributed by atoms with Gasteiger partial charge in [-0.15, -0.1) is 0 Å². The zero-order valence-corrected chi connectivity index (χ0v) is 34.7. The van der Waals surface area contributed by atoms with Crippen LogP contribution in [0.3, 0.4) is 0 Å². The van der Waals surface area contributed by atoms with Crippen LogP contribution in [0.2, 0.25) is 0 Å². The van der Waals surface area contributed by atoms with Gasteiger partial charge in [0.05, 0.1) is 82.8 Å². The van der Waals surface area contributed by atoms with E-state index < -0.39 is 17.7 Å². The molecule has 4 aliphatic rings. The van der Waals surface area contributed by atoms with Gasteiger partial charge in [-0.05, 0) is 54.2 Å². The highest BCUT2D eigenvalue weighted by atomic mass is 33.1. The van der Waals surface area contributed by atoms with Crippen LogP contribution in [-0.4, -0.2) is 137 Å². The molecule has 1 aromatic heterocycles. The maximum atomic E-state index is 13.2. The second kappa shape index (κ2) is 23.9. The van der Waals surface area contributed by atoms with Crippen molar-refractivity contribution in [1.29, 1.82) is 0 Å². The molecule has 5 rings (SSSR count). The Labute approximate surface area is 343 Å². The van der Waals surface area contributed by atoms with Gasteiger partial charge in [0.15, 0.2) is 0 Å². The number of esters is 2. The fraction of sp³-hybridized carbons (Fsp3) is 0.610. The van der Waals surface area contributed by atoms with Crippen molar-refractivity contribution >= 4 is 58.0 Å². The van der Waals surface area contributed by atoms with Gasteiger partial charge in [0.1, 0.15) is 13.2 Å². The number of hydrogen-bond donors (Lipinski definition) is 1. The number of aromatic nitrogens is 1. The van der Waals surface area contributed by atoms with E-state index in [1.54, 1.807) is 13.0 Å². The molecule has 0 spiro atoms. The maximum Gasteiger partial charge on any atom is 0.408 e. The van der Waals surface area contributed by atoms with Crippen LogP contribution < -0.4 is 15.9 Å². The van der Waals surface area contributed by atoms with E-state index in [0.717, 1.165) is 45.8 Å². The average molecular weight is 832 g/mol. The molecule has 2 atom stereocenters. The molecule has 1 aromatic rings. The molecule has 14 nitrogen and oxygen atoms in total. The van der Waals surface area contributed by atoms with Crippen molar-refractivity contribution in [3.05, 3.63) is 57.8 Å². The summed E-state index contributed by atoms with van der Waals surface area (Å²) in [5.74, 6) is 0.485. The molecular weight excluding hydrogens is 775 g/mol. The Kier molecular flexibility index (Phi) is 18.7. The lowest BCUT2D eigenvalue weighted by molar-refractivity contribution is -0.163. The van der Waals surface area contributed by atoms with Gasteiger partial charge >= 0.3 is 18.0 Å². The SMILES string of the molecule is C=CC=c1cc2c(nc1=C)C1=CC3=C(COC(=O)C3(CC)OC(=O)NCCOCCOCCOCCOCCOCCOC(=O)CCCCC3CCSS3)CN1C2. The highest BCUT2D eigenvalue weighted by Gasteiger charge is 2.51. The number of ether oxygens (including phenoxy) is 8. The normalized spacial score (nSPS) is 20.1. The molecule has 4 aliphatic heterocycles. The molecule has 0 radical (unpaired) electrons. The van der Waals surface area contributed by atoms with Gasteiger partial charge in [-0.25, -0.2) is 14.6 Å². The number of nitrogens with one attached hydrogen (secondary N) is 1. The molecule has 1 saturated heterocycles. The number of carbonyl (C=O) groups excluding carboxylic acids is 3. The molecule has 57 heavy (non-hydrogen) atoms. The Morgan fingerprint density at radius 1 is 1.00 bits per heavy atom. The van der Waals surface area contributed by atoms with Crippen LogP contribution in [0.1, 0.15) is 56.7 Å². The molecule has 16 heteroatoms. The van der Waals surface area contributed by atoms with E-state index in [0.29, 0.717) is 89.9 Å². The van der Waals surface area contributed by atoms with Gasteiger partial charge in [-0.1, -0.05) is 60.2 Å². The lowest BCUT2D eigenvalue weighted by Gasteiger charge is -2.40. The average Bonchev–Trinajstić information content (AvgIpc) is 3.85. The number of hydrogen-bond acceptors (Lipinski definition) is 15. The lowest BCUT2D eigenvalue weighted by atomic mass is 9.82. The van der Waals surface area contributed by atoms with Gasteiger partial charge in [-0.3, -0.25) is 4.79 Å². The van der Waals surface area contributed by atoms with E-state index in [4.69, 9.17) is 42.9 Å². The Bertz CT molecular complexity index is 1700. The van der Waals surface area contributed by atoms with Gasteiger partial charge in [0.25, 0.3) is 0 Å². The fourth-order valence-corrected chi connectivity index (χ4v) is 9.85. The van der Waals surface area contributed by atoms with Crippen LogP contribution in [0.4, 0.5) is 4.79 Å². The second-order valence-electron chi connectivity index (χ2n) is 13.8. The number of rotatable bonds is 26. The van der Waals surface area contributed by atoms with Crippen LogP contribution in [0.25, 0.3) is 18.4 Å². The van der Waals surface area contributed by atoms with Crippen molar-refractivity contribution in [2.75, 3.05) is 98.1 Å². The standard InChI is InChI=1S/C41H57N3O11S2/c1-4-8-31-25-32-27-44-28-33-29-54-39(46)41(5-2,35(33)26-36(44)38(32)43-30(31)3)55-40(47)42-12-13-48-14-15-49-16-17-50-18-19-51-20-21-52-22-23-53-37(45)10-7-6-9-34-11-24-56-57-34/h4,8,25-26,34H,1,3,5-7,9-24,27-29H2,2H3,(H,42,47). The first kappa shape index (κ1) is 44.7. The summed E-state index contributed by atoms with van der Waals surface area (Å²) in [5, 5.41) is 4.98. The quantitative estimate of drug-likeness (QED) is 0.0625. The van der Waals surface area contributed by atoms with Gasteiger partial charge < -0.3 is 48.1 Å². The van der Waals surface area contributed by atoms with E-state index >= 15 is 0 Å². The molecular formula is C41H57N3O11S2. The molecule has 1 amide bonds. The minimum absolute atomic E-state index is 0.135. The number of unbranched alkanes of at least 4 members (excludes halogenated alkanes) is 1. The van der Waals surface area contributed by atoms with Gasteiger partial charge in [0.2, 0.25) is 5.60 Å². The van der Waals surface area contributed by atoms with Crippen molar-refractivity contribution in [3.8, 4) is 0 Å². The summed E-state index contributed by atoms with van der Waals surface area (Å²) in [4.78, 5) is 45.0. The molecule has 1 N–H and O–H groups in total. The summed E-state index contributed by atoms with van der Waals surface area (Å²) in [6.07, 6.45) is 9.85. The number of amides is 1. The number of pyridine rings is 1. The zero-order chi connectivity index (χ0) is 40.3. The van der Waals surface area contributed by atoms with Crippen molar-refractivity contribution in [1.82, 2.24) is 15.2 Å². The van der Waals surface area contributed by atoms with E-state index in [9.17, 15) is 14.4 Å². The van der Waals surface area contributed by atoms with E-state index in [1.807, 2.05) is 33.7 Å². The summed E-state index contributed by atoms with van der Waals surface area (Å²) in [6.45, 7) is 15.3. The summed E-state index contributed by atoms with van der Waals surface area (Å²) < 4.78 is 44.2. The van der Waals surface area contributed by atoms with Gasteiger partial charge in [-0.2, -0.15) is 0 Å². The second-order valence-corrected chi connectivity index (χ2v) is 16.6. The summed E-state index contributed by atoms with van der Waals surface area (Å²) in [7, 11) is 3.92. The topological polar surface area (TPSA) is 153 Å². The zero-order valence-electron chi connectivity index (χ0n) is 33.1.